The summed E-state index contributed by atoms with van der Waals surface area (Å²) in [4.78, 5) is 0. The maximum atomic E-state index is 5.11. The van der Waals surface area contributed by atoms with Crippen LogP contribution in [0.4, 0.5) is 0 Å². The molecule has 10 heavy (non-hydrogen) atoms. The van der Waals surface area contributed by atoms with Gasteiger partial charge >= 0.3 is 0 Å². The van der Waals surface area contributed by atoms with Gasteiger partial charge in [-0.05, 0) is 17.8 Å². The van der Waals surface area contributed by atoms with Crippen LogP contribution >= 0.6 is 0 Å². The van der Waals surface area contributed by atoms with Gasteiger partial charge in [-0.3, -0.25) is 0 Å². The second kappa shape index (κ2) is 4.73. The number of methoxy groups -OCH3 is 1. The van der Waals surface area contributed by atoms with Gasteiger partial charge in [0.2, 0.25) is 0 Å². The molecule has 0 heterocycles. The molecule has 0 aliphatic heterocycles. The van der Waals surface area contributed by atoms with E-state index < -0.39 is 0 Å². The lowest BCUT2D eigenvalue weighted by Crippen LogP contribution is -2.19. The minimum atomic E-state index is 0.630. The van der Waals surface area contributed by atoms with Gasteiger partial charge in [0, 0.05) is 13.7 Å². The molecule has 0 saturated carbocycles. The molecule has 1 unspecified atom stereocenters. The highest BCUT2D eigenvalue weighted by atomic mass is 16.5. The zero-order chi connectivity index (χ0) is 8.15. The third-order valence-corrected chi connectivity index (χ3v) is 1.89. The molecule has 0 aliphatic rings. The van der Waals surface area contributed by atoms with Gasteiger partial charge in [0.1, 0.15) is 0 Å². The molecule has 1 heteroatoms. The highest BCUT2D eigenvalue weighted by Crippen LogP contribution is 2.21. The van der Waals surface area contributed by atoms with E-state index >= 15 is 0 Å². The fourth-order valence-corrected chi connectivity index (χ4v) is 1.21. The molecule has 0 rings (SSSR count). The zero-order valence-corrected chi connectivity index (χ0v) is 7.77. The number of rotatable bonds is 4. The average Bonchev–Trinajstić information content (AvgIpc) is 1.81. The summed E-state index contributed by atoms with van der Waals surface area (Å²) in [5, 5.41) is 0. The Morgan fingerprint density at radius 2 is 1.80 bits per heavy atom. The van der Waals surface area contributed by atoms with E-state index in [-0.39, 0.29) is 0 Å². The van der Waals surface area contributed by atoms with Crippen molar-refractivity contribution in [2.45, 2.75) is 27.7 Å². The molecular formula is C9H19O. The van der Waals surface area contributed by atoms with Crippen molar-refractivity contribution in [1.82, 2.24) is 0 Å². The van der Waals surface area contributed by atoms with Crippen LogP contribution in [0.25, 0.3) is 0 Å². The van der Waals surface area contributed by atoms with Crippen molar-refractivity contribution in [3.63, 3.8) is 0 Å². The first-order valence-corrected chi connectivity index (χ1v) is 3.88. The molecule has 0 amide bonds. The van der Waals surface area contributed by atoms with Gasteiger partial charge in [-0.25, -0.2) is 0 Å². The van der Waals surface area contributed by atoms with Crippen LogP contribution in [0.1, 0.15) is 27.7 Å². The fourth-order valence-electron chi connectivity index (χ4n) is 1.21. The summed E-state index contributed by atoms with van der Waals surface area (Å²) in [7, 11) is 1.76. The van der Waals surface area contributed by atoms with Crippen LogP contribution in [0.15, 0.2) is 0 Å². The van der Waals surface area contributed by atoms with E-state index in [4.69, 9.17) is 4.74 Å². The van der Waals surface area contributed by atoms with Gasteiger partial charge in [-0.1, -0.05) is 27.7 Å². The van der Waals surface area contributed by atoms with E-state index in [2.05, 4.69) is 27.7 Å². The van der Waals surface area contributed by atoms with Gasteiger partial charge in [-0.2, -0.15) is 0 Å². The quantitative estimate of drug-likeness (QED) is 0.587. The molecule has 0 saturated heterocycles. The molecule has 0 aliphatic carbocycles. The van der Waals surface area contributed by atoms with Crippen LogP contribution in [0, 0.1) is 17.8 Å². The topological polar surface area (TPSA) is 9.23 Å². The van der Waals surface area contributed by atoms with E-state index in [9.17, 15) is 0 Å². The van der Waals surface area contributed by atoms with Crippen molar-refractivity contribution in [2.75, 3.05) is 13.7 Å². The van der Waals surface area contributed by atoms with E-state index in [1.54, 1.807) is 7.11 Å². The Hall–Kier alpha value is -0.0400. The Morgan fingerprint density at radius 1 is 1.30 bits per heavy atom. The lowest BCUT2D eigenvalue weighted by atomic mass is 9.86. The van der Waals surface area contributed by atoms with E-state index in [1.807, 2.05) is 0 Å². The first-order chi connectivity index (χ1) is 4.59. The minimum absolute atomic E-state index is 0.630. The summed E-state index contributed by atoms with van der Waals surface area (Å²) in [6, 6.07) is 0. The maximum absolute atomic E-state index is 5.11. The normalized spacial score (nSPS) is 12.0. The lowest BCUT2D eigenvalue weighted by Gasteiger charge is -2.22. The first-order valence-electron chi connectivity index (χ1n) is 3.88. The summed E-state index contributed by atoms with van der Waals surface area (Å²) in [5.41, 5.74) is 0. The van der Waals surface area contributed by atoms with Gasteiger partial charge in [0.25, 0.3) is 0 Å². The Kier molecular flexibility index (Phi) is 4.71. The van der Waals surface area contributed by atoms with Gasteiger partial charge in [0.15, 0.2) is 0 Å². The Bertz CT molecular complexity index is 68.8. The van der Waals surface area contributed by atoms with Crippen molar-refractivity contribution in [1.29, 1.82) is 0 Å². The third kappa shape index (κ3) is 3.21. The molecule has 1 atom stereocenters. The number of hydrogen-bond donors (Lipinski definition) is 0. The highest BCUT2D eigenvalue weighted by molar-refractivity contribution is 4.88. The molecule has 1 radical (unpaired) electrons. The molecule has 0 fully saturated rings. The maximum Gasteiger partial charge on any atom is 0.0498 e. The Balaban J connectivity index is 3.73. The Labute approximate surface area is 64.8 Å². The number of ether oxygens (including phenoxy) is 1. The van der Waals surface area contributed by atoms with E-state index in [1.165, 1.54) is 5.92 Å². The smallest absolute Gasteiger partial charge is 0.0498 e. The molecule has 0 aromatic carbocycles. The van der Waals surface area contributed by atoms with Crippen molar-refractivity contribution in [3.8, 4) is 0 Å². The van der Waals surface area contributed by atoms with Crippen molar-refractivity contribution < 1.29 is 4.74 Å². The standard InChI is InChI=1S/C9H19O/c1-7(2)9(6-10-5)8(3)4/h7,9H,6H2,1-5H3. The van der Waals surface area contributed by atoms with Crippen molar-refractivity contribution >= 4 is 0 Å². The van der Waals surface area contributed by atoms with E-state index in [0.717, 1.165) is 6.61 Å². The second-order valence-corrected chi connectivity index (χ2v) is 3.38. The molecular weight excluding hydrogens is 124 g/mol. The Morgan fingerprint density at radius 3 is 1.90 bits per heavy atom. The van der Waals surface area contributed by atoms with Crippen LogP contribution in [0.2, 0.25) is 0 Å². The van der Waals surface area contributed by atoms with Crippen molar-refractivity contribution in [2.24, 2.45) is 11.8 Å². The number of hydrogen-bond acceptors (Lipinski definition) is 1. The van der Waals surface area contributed by atoms with Gasteiger partial charge in [-0.15, -0.1) is 0 Å². The van der Waals surface area contributed by atoms with Crippen LogP contribution in [-0.2, 0) is 4.74 Å². The molecule has 0 aromatic rings. The van der Waals surface area contributed by atoms with Gasteiger partial charge in [0.05, 0.1) is 0 Å². The predicted molar refractivity (Wildman–Crippen MR) is 44.8 cm³/mol. The van der Waals surface area contributed by atoms with E-state index in [0.29, 0.717) is 11.8 Å². The molecule has 0 bridgehead atoms. The average molecular weight is 143 g/mol. The second-order valence-electron chi connectivity index (χ2n) is 3.38. The van der Waals surface area contributed by atoms with Gasteiger partial charge < -0.3 is 4.74 Å². The molecule has 0 aromatic heterocycles. The third-order valence-electron chi connectivity index (χ3n) is 1.89. The summed E-state index contributed by atoms with van der Waals surface area (Å²) in [5.74, 6) is 2.80. The predicted octanol–water partition coefficient (Wildman–Crippen LogP) is 2.52. The van der Waals surface area contributed by atoms with Crippen LogP contribution in [-0.4, -0.2) is 13.7 Å². The van der Waals surface area contributed by atoms with Crippen molar-refractivity contribution in [3.05, 3.63) is 5.92 Å². The highest BCUT2D eigenvalue weighted by Gasteiger charge is 2.16. The van der Waals surface area contributed by atoms with Crippen LogP contribution in [0.3, 0.4) is 0 Å². The molecule has 1 nitrogen and oxygen atoms in total. The summed E-state index contributed by atoms with van der Waals surface area (Å²) >= 11 is 0. The fraction of sp³-hybridized carbons (Fsp3) is 0.889. The largest absolute Gasteiger partial charge is 0.384 e. The monoisotopic (exact) mass is 143 g/mol. The SMILES string of the molecule is COCC([C](C)C)C(C)C. The lowest BCUT2D eigenvalue weighted by molar-refractivity contribution is 0.136. The summed E-state index contributed by atoms with van der Waals surface area (Å²) in [6.07, 6.45) is 0. The van der Waals surface area contributed by atoms with Crippen LogP contribution < -0.4 is 0 Å². The summed E-state index contributed by atoms with van der Waals surface area (Å²) < 4.78 is 5.11. The minimum Gasteiger partial charge on any atom is -0.384 e. The zero-order valence-electron chi connectivity index (χ0n) is 7.77. The molecule has 61 valence electrons. The summed E-state index contributed by atoms with van der Waals surface area (Å²) in [6.45, 7) is 9.67. The molecule has 0 spiro atoms. The molecule has 0 N–H and O–H groups in total. The first kappa shape index (κ1) is 9.96. The van der Waals surface area contributed by atoms with Crippen LogP contribution in [0.5, 0.6) is 0 Å².